The smallest absolute Gasteiger partial charge is 0.267 e. The minimum Gasteiger partial charge on any atom is -0.384 e. The van der Waals surface area contributed by atoms with Gasteiger partial charge in [-0.15, -0.1) is 22.7 Å². The van der Waals surface area contributed by atoms with Crippen LogP contribution >= 0.6 is 22.7 Å². The molecular weight excluding hydrogens is 292 g/mol. The van der Waals surface area contributed by atoms with Crippen LogP contribution in [0.4, 0.5) is 5.13 Å². The summed E-state index contributed by atoms with van der Waals surface area (Å²) in [6.07, 6.45) is 2.41. The molecule has 6 heteroatoms. The van der Waals surface area contributed by atoms with E-state index in [1.165, 1.54) is 35.5 Å². The second kappa shape index (κ2) is 5.75. The minimum atomic E-state index is -0.178. The van der Waals surface area contributed by atoms with Gasteiger partial charge in [-0.05, 0) is 25.0 Å². The number of thiazole rings is 1. The second-order valence-electron chi connectivity index (χ2n) is 4.43. The molecule has 0 saturated heterocycles. The van der Waals surface area contributed by atoms with Crippen molar-refractivity contribution in [3.8, 4) is 11.8 Å². The van der Waals surface area contributed by atoms with Crippen LogP contribution in [0.25, 0.3) is 0 Å². The zero-order valence-electron chi connectivity index (χ0n) is 10.5. The number of thiophene rings is 1. The topological polar surface area (TPSA) is 62.2 Å². The molecule has 0 unspecified atom stereocenters. The van der Waals surface area contributed by atoms with Crippen LogP contribution < -0.4 is 5.32 Å². The SMILES string of the molecule is O=C(Nc1nc(C2CC2)cs1)c1ccc(C#CCO)s1. The van der Waals surface area contributed by atoms with Crippen molar-refractivity contribution in [2.24, 2.45) is 0 Å². The summed E-state index contributed by atoms with van der Waals surface area (Å²) in [6.45, 7) is -0.178. The van der Waals surface area contributed by atoms with E-state index in [9.17, 15) is 4.79 Å². The molecule has 102 valence electrons. The number of amides is 1. The van der Waals surface area contributed by atoms with Crippen LogP contribution in [0.2, 0.25) is 0 Å². The first kappa shape index (κ1) is 13.3. The lowest BCUT2D eigenvalue weighted by atomic mass is 10.3. The molecule has 0 bridgehead atoms. The molecule has 1 amide bonds. The van der Waals surface area contributed by atoms with E-state index in [0.717, 1.165) is 10.6 Å². The third kappa shape index (κ3) is 3.07. The fourth-order valence-electron chi connectivity index (χ4n) is 1.72. The molecule has 1 aliphatic rings. The van der Waals surface area contributed by atoms with Crippen LogP contribution in [0.3, 0.4) is 0 Å². The Labute approximate surface area is 124 Å². The van der Waals surface area contributed by atoms with E-state index in [0.29, 0.717) is 15.9 Å². The fraction of sp³-hybridized carbons (Fsp3) is 0.286. The summed E-state index contributed by atoms with van der Waals surface area (Å²) in [5.41, 5.74) is 1.09. The summed E-state index contributed by atoms with van der Waals surface area (Å²) in [5.74, 6) is 5.78. The van der Waals surface area contributed by atoms with Crippen molar-refractivity contribution in [1.82, 2.24) is 4.98 Å². The van der Waals surface area contributed by atoms with Gasteiger partial charge in [-0.3, -0.25) is 10.1 Å². The normalized spacial score (nSPS) is 13.7. The lowest BCUT2D eigenvalue weighted by Gasteiger charge is -1.97. The van der Waals surface area contributed by atoms with Gasteiger partial charge in [-0.2, -0.15) is 0 Å². The third-order valence-corrected chi connectivity index (χ3v) is 4.63. The number of aliphatic hydroxyl groups excluding tert-OH is 1. The summed E-state index contributed by atoms with van der Waals surface area (Å²) >= 11 is 2.77. The number of hydrogen-bond acceptors (Lipinski definition) is 5. The molecular formula is C14H12N2O2S2. The first-order valence-electron chi connectivity index (χ1n) is 6.22. The number of nitrogens with zero attached hydrogens (tertiary/aromatic N) is 1. The highest BCUT2D eigenvalue weighted by Gasteiger charge is 2.26. The first-order valence-corrected chi connectivity index (χ1v) is 7.92. The Kier molecular flexibility index (Phi) is 3.83. The van der Waals surface area contributed by atoms with Gasteiger partial charge >= 0.3 is 0 Å². The van der Waals surface area contributed by atoms with Crippen molar-refractivity contribution in [2.45, 2.75) is 18.8 Å². The average Bonchev–Trinajstić information content (AvgIpc) is 3.01. The molecule has 2 heterocycles. The number of carbonyl (C=O) groups excluding carboxylic acids is 1. The minimum absolute atomic E-state index is 0.163. The van der Waals surface area contributed by atoms with Crippen LogP contribution in [-0.4, -0.2) is 22.6 Å². The standard InChI is InChI=1S/C14H12N2O2S2/c17-7-1-2-10-5-6-12(20-10)13(18)16-14-15-11(8-19-14)9-3-4-9/h5-6,8-9,17H,3-4,7H2,(H,15,16,18). The summed E-state index contributed by atoms with van der Waals surface area (Å²) in [6, 6.07) is 3.51. The van der Waals surface area contributed by atoms with Gasteiger partial charge in [-0.25, -0.2) is 4.98 Å². The molecule has 20 heavy (non-hydrogen) atoms. The molecule has 0 spiro atoms. The van der Waals surface area contributed by atoms with Gasteiger partial charge < -0.3 is 5.11 Å². The van der Waals surface area contributed by atoms with E-state index in [-0.39, 0.29) is 12.5 Å². The summed E-state index contributed by atoms with van der Waals surface area (Å²) in [4.78, 5) is 17.8. The quantitative estimate of drug-likeness (QED) is 0.857. The van der Waals surface area contributed by atoms with Gasteiger partial charge in [0.15, 0.2) is 5.13 Å². The molecule has 4 nitrogen and oxygen atoms in total. The highest BCUT2D eigenvalue weighted by molar-refractivity contribution is 7.15. The van der Waals surface area contributed by atoms with E-state index in [1.54, 1.807) is 12.1 Å². The fourth-order valence-corrected chi connectivity index (χ4v) is 3.29. The predicted molar refractivity (Wildman–Crippen MR) is 80.3 cm³/mol. The highest BCUT2D eigenvalue weighted by Crippen LogP contribution is 2.40. The maximum absolute atomic E-state index is 12.1. The molecule has 0 radical (unpaired) electrons. The lowest BCUT2D eigenvalue weighted by molar-refractivity contribution is 0.103. The van der Waals surface area contributed by atoms with Gasteiger partial charge in [0.1, 0.15) is 6.61 Å². The molecule has 2 N–H and O–H groups in total. The Morgan fingerprint density at radius 3 is 3.10 bits per heavy atom. The Morgan fingerprint density at radius 2 is 2.35 bits per heavy atom. The molecule has 2 aromatic rings. The summed E-state index contributed by atoms with van der Waals surface area (Å²) in [7, 11) is 0. The van der Waals surface area contributed by atoms with Crippen molar-refractivity contribution in [2.75, 3.05) is 11.9 Å². The molecule has 1 aliphatic carbocycles. The molecule has 1 saturated carbocycles. The maximum atomic E-state index is 12.1. The van der Waals surface area contributed by atoms with Crippen molar-refractivity contribution in [3.63, 3.8) is 0 Å². The zero-order valence-corrected chi connectivity index (χ0v) is 12.2. The van der Waals surface area contributed by atoms with Crippen molar-refractivity contribution < 1.29 is 9.90 Å². The molecule has 0 aliphatic heterocycles. The van der Waals surface area contributed by atoms with Gasteiger partial charge in [0.25, 0.3) is 5.91 Å². The van der Waals surface area contributed by atoms with Crippen LogP contribution in [0.15, 0.2) is 17.5 Å². The van der Waals surface area contributed by atoms with E-state index in [2.05, 4.69) is 22.1 Å². The number of nitrogens with one attached hydrogen (secondary N) is 1. The van der Waals surface area contributed by atoms with Crippen molar-refractivity contribution >= 4 is 33.7 Å². The molecule has 0 aromatic carbocycles. The first-order chi connectivity index (χ1) is 9.76. The van der Waals surface area contributed by atoms with Gasteiger partial charge in [0.2, 0.25) is 0 Å². The van der Waals surface area contributed by atoms with Gasteiger partial charge in [-0.1, -0.05) is 11.8 Å². The summed E-state index contributed by atoms with van der Waals surface area (Å²) in [5, 5.41) is 14.1. The number of rotatable bonds is 3. The van der Waals surface area contributed by atoms with Gasteiger partial charge in [0, 0.05) is 11.3 Å². The average molecular weight is 304 g/mol. The van der Waals surface area contributed by atoms with E-state index in [1.807, 2.05) is 5.38 Å². The summed E-state index contributed by atoms with van der Waals surface area (Å²) < 4.78 is 0. The third-order valence-electron chi connectivity index (χ3n) is 2.86. The Morgan fingerprint density at radius 1 is 1.50 bits per heavy atom. The number of hydrogen-bond donors (Lipinski definition) is 2. The van der Waals surface area contributed by atoms with E-state index >= 15 is 0 Å². The van der Waals surface area contributed by atoms with Crippen LogP contribution in [-0.2, 0) is 0 Å². The van der Waals surface area contributed by atoms with Crippen LogP contribution in [0.5, 0.6) is 0 Å². The van der Waals surface area contributed by atoms with Crippen molar-refractivity contribution in [3.05, 3.63) is 33.0 Å². The molecule has 0 atom stereocenters. The van der Waals surface area contributed by atoms with Gasteiger partial charge in [0.05, 0.1) is 15.4 Å². The number of anilines is 1. The maximum Gasteiger partial charge on any atom is 0.267 e. The monoisotopic (exact) mass is 304 g/mol. The van der Waals surface area contributed by atoms with E-state index in [4.69, 9.17) is 5.11 Å². The van der Waals surface area contributed by atoms with Crippen LogP contribution in [0.1, 0.15) is 39.0 Å². The largest absolute Gasteiger partial charge is 0.384 e. The Bertz CT molecular complexity index is 689. The Balaban J connectivity index is 1.67. The molecule has 2 aromatic heterocycles. The Hall–Kier alpha value is -1.68. The van der Waals surface area contributed by atoms with Crippen LogP contribution in [0, 0.1) is 11.8 Å². The molecule has 3 rings (SSSR count). The zero-order chi connectivity index (χ0) is 13.9. The highest BCUT2D eigenvalue weighted by atomic mass is 32.1. The van der Waals surface area contributed by atoms with E-state index < -0.39 is 0 Å². The number of carbonyl (C=O) groups is 1. The second-order valence-corrected chi connectivity index (χ2v) is 6.37. The lowest BCUT2D eigenvalue weighted by Crippen LogP contribution is -2.09. The van der Waals surface area contributed by atoms with Crippen molar-refractivity contribution in [1.29, 1.82) is 0 Å². The molecule has 1 fully saturated rings. The number of aromatic nitrogens is 1. The number of aliphatic hydroxyl groups is 1. The predicted octanol–water partition coefficient (Wildman–Crippen LogP) is 2.68.